The fourth-order valence-corrected chi connectivity index (χ4v) is 7.09. The third-order valence-corrected chi connectivity index (χ3v) is 8.87. The molecular weight excluding hydrogens is 304 g/mol. The van der Waals surface area contributed by atoms with Gasteiger partial charge in [0.2, 0.25) is 0 Å². The van der Waals surface area contributed by atoms with Crippen molar-refractivity contribution in [2.75, 3.05) is 0 Å². The Morgan fingerprint density at radius 2 is 1.64 bits per heavy atom. The summed E-state index contributed by atoms with van der Waals surface area (Å²) < 4.78 is 0. The van der Waals surface area contributed by atoms with Crippen molar-refractivity contribution in [3.8, 4) is 0 Å². The molecule has 0 aromatic heterocycles. The lowest BCUT2D eigenvalue weighted by Gasteiger charge is -2.42. The normalized spacial score (nSPS) is 42.4. The van der Waals surface area contributed by atoms with E-state index in [-0.39, 0.29) is 5.41 Å². The van der Waals surface area contributed by atoms with Gasteiger partial charge in [-0.25, -0.2) is 0 Å². The van der Waals surface area contributed by atoms with Crippen molar-refractivity contribution in [3.05, 3.63) is 0 Å². The molecule has 0 spiro atoms. The van der Waals surface area contributed by atoms with Crippen LogP contribution in [-0.4, -0.2) is 5.78 Å². The standard InChI is InChI=1S/C24H42O/c1-4-22(25)23(5-2)15-11-13-20(14-17-23)24(6-3)16-10-8-7-9-12-19-18-21(19)24/h19-21H,4-18H2,1-3H3. The maximum atomic E-state index is 12.7. The second-order valence-corrected chi connectivity index (χ2v) is 9.68. The number of carbonyl (C=O) groups excluding carboxylic acids is 1. The molecule has 5 atom stereocenters. The van der Waals surface area contributed by atoms with Crippen LogP contribution in [0.4, 0.5) is 0 Å². The lowest BCUT2D eigenvalue weighted by atomic mass is 9.63. The molecule has 0 aromatic carbocycles. The molecule has 0 aliphatic heterocycles. The lowest BCUT2D eigenvalue weighted by molar-refractivity contribution is -0.129. The molecule has 3 aliphatic carbocycles. The van der Waals surface area contributed by atoms with Gasteiger partial charge in [-0.1, -0.05) is 59.3 Å². The van der Waals surface area contributed by atoms with Gasteiger partial charge in [-0.2, -0.15) is 0 Å². The predicted molar refractivity (Wildman–Crippen MR) is 107 cm³/mol. The molecule has 0 N–H and O–H groups in total. The molecule has 144 valence electrons. The Morgan fingerprint density at radius 1 is 0.840 bits per heavy atom. The molecule has 0 bridgehead atoms. The zero-order chi connectivity index (χ0) is 17.9. The summed E-state index contributed by atoms with van der Waals surface area (Å²) in [6.07, 6.45) is 19.9. The van der Waals surface area contributed by atoms with E-state index in [1.165, 1.54) is 83.5 Å². The van der Waals surface area contributed by atoms with Crippen LogP contribution in [0.2, 0.25) is 0 Å². The summed E-state index contributed by atoms with van der Waals surface area (Å²) >= 11 is 0. The Labute approximate surface area is 156 Å². The van der Waals surface area contributed by atoms with Crippen LogP contribution in [-0.2, 0) is 4.79 Å². The van der Waals surface area contributed by atoms with E-state index in [9.17, 15) is 4.79 Å². The molecule has 3 fully saturated rings. The summed E-state index contributed by atoms with van der Waals surface area (Å²) in [5, 5.41) is 0. The average Bonchev–Trinajstić information content (AvgIpc) is 3.44. The van der Waals surface area contributed by atoms with Gasteiger partial charge in [0.25, 0.3) is 0 Å². The summed E-state index contributed by atoms with van der Waals surface area (Å²) in [5.74, 6) is 3.52. The first kappa shape index (κ1) is 19.4. The van der Waals surface area contributed by atoms with Gasteiger partial charge in [0.05, 0.1) is 0 Å². The molecule has 5 unspecified atom stereocenters. The van der Waals surface area contributed by atoms with Crippen LogP contribution in [0.15, 0.2) is 0 Å². The monoisotopic (exact) mass is 346 g/mol. The van der Waals surface area contributed by atoms with E-state index in [0.717, 1.165) is 30.6 Å². The quantitative estimate of drug-likeness (QED) is 0.476. The van der Waals surface area contributed by atoms with Gasteiger partial charge >= 0.3 is 0 Å². The Bertz CT molecular complexity index is 455. The van der Waals surface area contributed by atoms with E-state index >= 15 is 0 Å². The molecule has 1 heteroatoms. The average molecular weight is 347 g/mol. The van der Waals surface area contributed by atoms with Crippen LogP contribution >= 0.6 is 0 Å². The summed E-state index contributed by atoms with van der Waals surface area (Å²) in [5.41, 5.74) is 0.647. The summed E-state index contributed by atoms with van der Waals surface area (Å²) in [4.78, 5) is 12.7. The fraction of sp³-hybridized carbons (Fsp3) is 0.958. The molecular formula is C24H42O. The second-order valence-electron chi connectivity index (χ2n) is 9.68. The number of hydrogen-bond acceptors (Lipinski definition) is 1. The van der Waals surface area contributed by atoms with Gasteiger partial charge in [0.15, 0.2) is 0 Å². The second kappa shape index (κ2) is 8.13. The Balaban J connectivity index is 1.78. The van der Waals surface area contributed by atoms with Crippen LogP contribution in [0.1, 0.15) is 117 Å². The highest BCUT2D eigenvalue weighted by Gasteiger charge is 2.54. The number of fused-ring (bicyclic) bond motifs is 1. The van der Waals surface area contributed by atoms with Gasteiger partial charge in [-0.15, -0.1) is 0 Å². The summed E-state index contributed by atoms with van der Waals surface area (Å²) in [7, 11) is 0. The van der Waals surface area contributed by atoms with E-state index in [1.807, 2.05) is 0 Å². The highest BCUT2D eigenvalue weighted by molar-refractivity contribution is 5.84. The highest BCUT2D eigenvalue weighted by Crippen LogP contribution is 2.63. The molecule has 3 saturated carbocycles. The molecule has 0 saturated heterocycles. The fourth-order valence-electron chi connectivity index (χ4n) is 7.09. The molecule has 25 heavy (non-hydrogen) atoms. The largest absolute Gasteiger partial charge is 0.299 e. The van der Waals surface area contributed by atoms with E-state index in [2.05, 4.69) is 20.8 Å². The Morgan fingerprint density at radius 3 is 2.36 bits per heavy atom. The van der Waals surface area contributed by atoms with Crippen molar-refractivity contribution in [1.82, 2.24) is 0 Å². The molecule has 3 rings (SSSR count). The van der Waals surface area contributed by atoms with E-state index in [0.29, 0.717) is 11.2 Å². The minimum absolute atomic E-state index is 0.0277. The minimum Gasteiger partial charge on any atom is -0.299 e. The van der Waals surface area contributed by atoms with Crippen LogP contribution in [0.3, 0.4) is 0 Å². The third kappa shape index (κ3) is 3.72. The maximum absolute atomic E-state index is 12.7. The number of Topliss-reactive ketones (excluding diaryl/α,β-unsaturated/α-hetero) is 1. The number of carbonyl (C=O) groups is 1. The zero-order valence-corrected chi connectivity index (χ0v) is 17.2. The van der Waals surface area contributed by atoms with Crippen LogP contribution in [0.25, 0.3) is 0 Å². The minimum atomic E-state index is 0.0277. The topological polar surface area (TPSA) is 17.1 Å². The molecule has 0 amide bonds. The van der Waals surface area contributed by atoms with Crippen molar-refractivity contribution in [2.45, 2.75) is 117 Å². The van der Waals surface area contributed by atoms with Crippen molar-refractivity contribution in [2.24, 2.45) is 28.6 Å². The lowest BCUT2D eigenvalue weighted by Crippen LogP contribution is -2.34. The van der Waals surface area contributed by atoms with Crippen molar-refractivity contribution in [1.29, 1.82) is 0 Å². The number of ketones is 1. The molecule has 0 heterocycles. The molecule has 0 radical (unpaired) electrons. The first-order valence-electron chi connectivity index (χ1n) is 11.6. The Kier molecular flexibility index (Phi) is 6.32. The predicted octanol–water partition coefficient (Wildman–Crippen LogP) is 7.33. The third-order valence-electron chi connectivity index (χ3n) is 8.87. The van der Waals surface area contributed by atoms with E-state index in [4.69, 9.17) is 0 Å². The SMILES string of the molecule is CCC(=O)C1(CC)CCCC(C2(CC)CCCCCCC3CC32)CC1. The molecule has 0 aromatic rings. The zero-order valence-electron chi connectivity index (χ0n) is 17.2. The van der Waals surface area contributed by atoms with Crippen LogP contribution in [0.5, 0.6) is 0 Å². The van der Waals surface area contributed by atoms with Crippen molar-refractivity contribution in [3.63, 3.8) is 0 Å². The molecule has 3 aliphatic rings. The number of hydrogen-bond donors (Lipinski definition) is 0. The smallest absolute Gasteiger partial charge is 0.138 e. The van der Waals surface area contributed by atoms with Gasteiger partial charge < -0.3 is 0 Å². The molecule has 1 nitrogen and oxygen atoms in total. The van der Waals surface area contributed by atoms with Gasteiger partial charge in [-0.05, 0) is 74.5 Å². The maximum Gasteiger partial charge on any atom is 0.138 e. The highest BCUT2D eigenvalue weighted by atomic mass is 16.1. The van der Waals surface area contributed by atoms with Gasteiger partial charge in [0, 0.05) is 11.8 Å². The Hall–Kier alpha value is -0.330. The van der Waals surface area contributed by atoms with E-state index < -0.39 is 0 Å². The van der Waals surface area contributed by atoms with Crippen molar-refractivity contribution >= 4 is 5.78 Å². The first-order chi connectivity index (χ1) is 12.1. The van der Waals surface area contributed by atoms with Crippen LogP contribution < -0.4 is 0 Å². The summed E-state index contributed by atoms with van der Waals surface area (Å²) in [6, 6.07) is 0. The van der Waals surface area contributed by atoms with Crippen molar-refractivity contribution < 1.29 is 4.79 Å². The van der Waals surface area contributed by atoms with Gasteiger partial charge in [-0.3, -0.25) is 4.79 Å². The van der Waals surface area contributed by atoms with E-state index in [1.54, 1.807) is 0 Å². The van der Waals surface area contributed by atoms with Gasteiger partial charge in [0.1, 0.15) is 5.78 Å². The van der Waals surface area contributed by atoms with Crippen LogP contribution in [0, 0.1) is 28.6 Å². The first-order valence-corrected chi connectivity index (χ1v) is 11.6. The number of rotatable bonds is 5. The summed E-state index contributed by atoms with van der Waals surface area (Å²) in [6.45, 7) is 6.82.